The van der Waals surface area contributed by atoms with Crippen molar-refractivity contribution in [1.29, 1.82) is 0 Å². The zero-order valence-electron chi connectivity index (χ0n) is 11.1. The maximum absolute atomic E-state index is 12.9. The molecule has 0 aromatic heterocycles. The van der Waals surface area contributed by atoms with E-state index in [9.17, 15) is 18.0 Å². The van der Waals surface area contributed by atoms with Crippen LogP contribution >= 0.6 is 0 Å². The minimum atomic E-state index is -4.66. The first kappa shape index (κ1) is 14.7. The van der Waals surface area contributed by atoms with E-state index in [1.807, 2.05) is 11.8 Å². The number of carboxylic acids is 1. The number of rotatable bonds is 5. The Hall–Kier alpha value is -1.72. The molecule has 3 nitrogen and oxygen atoms in total. The second kappa shape index (κ2) is 5.34. The van der Waals surface area contributed by atoms with Crippen LogP contribution in [0, 0.1) is 5.92 Å². The van der Waals surface area contributed by atoms with E-state index < -0.39 is 23.3 Å². The lowest BCUT2D eigenvalue weighted by Crippen LogP contribution is -2.26. The van der Waals surface area contributed by atoms with Gasteiger partial charge in [-0.05, 0) is 43.9 Å². The first-order valence-electron chi connectivity index (χ1n) is 6.52. The Labute approximate surface area is 115 Å². The molecule has 2 rings (SSSR count). The Kier molecular flexibility index (Phi) is 3.92. The van der Waals surface area contributed by atoms with E-state index >= 15 is 0 Å². The zero-order valence-corrected chi connectivity index (χ0v) is 11.1. The summed E-state index contributed by atoms with van der Waals surface area (Å²) in [6, 6.07) is 3.43. The second-order valence-corrected chi connectivity index (χ2v) is 5.01. The van der Waals surface area contributed by atoms with E-state index in [1.165, 1.54) is 6.07 Å². The lowest BCUT2D eigenvalue weighted by atomic mass is 10.1. The standard InChI is InChI=1S/C14H16F3NO2/c1-2-18(8-9-3-4-9)10-5-6-11(13(19)20)12(7-10)14(15,16)17/h5-7,9H,2-4,8H2,1H3,(H,19,20). The van der Waals surface area contributed by atoms with Crippen LogP contribution in [0.5, 0.6) is 0 Å². The molecule has 0 saturated heterocycles. The predicted molar refractivity (Wildman–Crippen MR) is 69.0 cm³/mol. The number of anilines is 1. The molecule has 1 fully saturated rings. The summed E-state index contributed by atoms with van der Waals surface area (Å²) in [5.41, 5.74) is -1.36. The van der Waals surface area contributed by atoms with Crippen LogP contribution < -0.4 is 4.90 Å². The summed E-state index contributed by atoms with van der Waals surface area (Å²) in [5.74, 6) is -1.02. The summed E-state index contributed by atoms with van der Waals surface area (Å²) in [5, 5.41) is 8.86. The lowest BCUT2D eigenvalue weighted by Gasteiger charge is -2.24. The van der Waals surface area contributed by atoms with E-state index in [2.05, 4.69) is 0 Å². The summed E-state index contributed by atoms with van der Waals surface area (Å²) in [6.45, 7) is 3.20. The van der Waals surface area contributed by atoms with Gasteiger partial charge in [-0.1, -0.05) is 0 Å². The molecular formula is C14H16F3NO2. The fourth-order valence-corrected chi connectivity index (χ4v) is 2.18. The molecule has 0 amide bonds. The van der Waals surface area contributed by atoms with Crippen molar-refractivity contribution >= 4 is 11.7 Å². The van der Waals surface area contributed by atoms with Gasteiger partial charge in [0.25, 0.3) is 0 Å². The van der Waals surface area contributed by atoms with Gasteiger partial charge in [0.2, 0.25) is 0 Å². The van der Waals surface area contributed by atoms with Crippen LogP contribution in [0.15, 0.2) is 18.2 Å². The molecule has 1 aliphatic carbocycles. The highest BCUT2D eigenvalue weighted by molar-refractivity contribution is 5.90. The lowest BCUT2D eigenvalue weighted by molar-refractivity contribution is -0.138. The smallest absolute Gasteiger partial charge is 0.417 e. The molecule has 1 aromatic carbocycles. The molecular weight excluding hydrogens is 271 g/mol. The van der Waals surface area contributed by atoms with Crippen LogP contribution in [0.2, 0.25) is 0 Å². The highest BCUT2D eigenvalue weighted by Gasteiger charge is 2.36. The Bertz CT molecular complexity index is 510. The maximum atomic E-state index is 12.9. The summed E-state index contributed by atoms with van der Waals surface area (Å²) in [4.78, 5) is 12.8. The molecule has 1 aromatic rings. The normalized spacial score (nSPS) is 15.2. The Morgan fingerprint density at radius 2 is 2.05 bits per heavy atom. The van der Waals surface area contributed by atoms with Gasteiger partial charge in [0.15, 0.2) is 0 Å². The average Bonchev–Trinajstić information content (AvgIpc) is 3.18. The number of benzene rings is 1. The quantitative estimate of drug-likeness (QED) is 0.898. The molecule has 1 aliphatic rings. The van der Waals surface area contributed by atoms with Crippen molar-refractivity contribution in [2.45, 2.75) is 25.9 Å². The first-order chi connectivity index (χ1) is 9.32. The van der Waals surface area contributed by atoms with E-state index in [1.54, 1.807) is 0 Å². The van der Waals surface area contributed by atoms with Gasteiger partial charge in [0.1, 0.15) is 0 Å². The molecule has 0 unspecified atom stereocenters. The summed E-state index contributed by atoms with van der Waals surface area (Å²) >= 11 is 0. The number of nitrogens with zero attached hydrogens (tertiary/aromatic N) is 1. The Balaban J connectivity index is 2.37. The summed E-state index contributed by atoms with van der Waals surface area (Å²) < 4.78 is 38.8. The third kappa shape index (κ3) is 3.23. The van der Waals surface area contributed by atoms with Gasteiger partial charge in [-0.25, -0.2) is 4.79 Å². The third-order valence-corrected chi connectivity index (χ3v) is 3.46. The molecule has 0 spiro atoms. The number of alkyl halides is 3. The van der Waals surface area contributed by atoms with Crippen LogP contribution in [0.4, 0.5) is 18.9 Å². The minimum Gasteiger partial charge on any atom is -0.478 e. The number of hydrogen-bond donors (Lipinski definition) is 1. The van der Waals surface area contributed by atoms with Crippen LogP contribution in [-0.2, 0) is 6.18 Å². The van der Waals surface area contributed by atoms with Crippen molar-refractivity contribution < 1.29 is 23.1 Å². The first-order valence-corrected chi connectivity index (χ1v) is 6.52. The molecule has 0 aliphatic heterocycles. The molecule has 1 saturated carbocycles. The molecule has 0 atom stereocenters. The third-order valence-electron chi connectivity index (χ3n) is 3.46. The zero-order chi connectivity index (χ0) is 14.9. The maximum Gasteiger partial charge on any atom is 0.417 e. The highest BCUT2D eigenvalue weighted by Crippen LogP contribution is 2.36. The molecule has 110 valence electrons. The van der Waals surface area contributed by atoms with Gasteiger partial charge in [0, 0.05) is 18.8 Å². The van der Waals surface area contributed by atoms with Gasteiger partial charge in [-0.2, -0.15) is 13.2 Å². The summed E-state index contributed by atoms with van der Waals surface area (Å²) in [7, 11) is 0. The molecule has 0 radical (unpaired) electrons. The topological polar surface area (TPSA) is 40.5 Å². The van der Waals surface area contributed by atoms with Crippen molar-refractivity contribution in [2.24, 2.45) is 5.92 Å². The number of carbonyl (C=O) groups is 1. The van der Waals surface area contributed by atoms with E-state index in [0.717, 1.165) is 31.5 Å². The molecule has 20 heavy (non-hydrogen) atoms. The molecule has 6 heteroatoms. The van der Waals surface area contributed by atoms with Crippen molar-refractivity contribution in [1.82, 2.24) is 0 Å². The van der Waals surface area contributed by atoms with Crippen molar-refractivity contribution in [3.05, 3.63) is 29.3 Å². The fourth-order valence-electron chi connectivity index (χ4n) is 2.18. The van der Waals surface area contributed by atoms with Crippen molar-refractivity contribution in [2.75, 3.05) is 18.0 Å². The van der Waals surface area contributed by atoms with Gasteiger partial charge >= 0.3 is 12.1 Å². The van der Waals surface area contributed by atoms with E-state index in [4.69, 9.17) is 5.11 Å². The van der Waals surface area contributed by atoms with Gasteiger partial charge in [-0.3, -0.25) is 0 Å². The number of halogens is 3. The Morgan fingerprint density at radius 3 is 2.50 bits per heavy atom. The van der Waals surface area contributed by atoms with Crippen molar-refractivity contribution in [3.8, 4) is 0 Å². The summed E-state index contributed by atoms with van der Waals surface area (Å²) in [6.07, 6.45) is -2.45. The second-order valence-electron chi connectivity index (χ2n) is 5.01. The molecule has 1 N–H and O–H groups in total. The molecule has 0 bridgehead atoms. The monoisotopic (exact) mass is 287 g/mol. The van der Waals surface area contributed by atoms with Crippen LogP contribution in [0.1, 0.15) is 35.7 Å². The highest BCUT2D eigenvalue weighted by atomic mass is 19.4. The van der Waals surface area contributed by atoms with Gasteiger partial charge < -0.3 is 10.0 Å². The largest absolute Gasteiger partial charge is 0.478 e. The SMILES string of the molecule is CCN(CC1CC1)c1ccc(C(=O)O)c(C(F)(F)F)c1. The number of hydrogen-bond acceptors (Lipinski definition) is 2. The van der Waals surface area contributed by atoms with E-state index in [0.29, 0.717) is 18.2 Å². The predicted octanol–water partition coefficient (Wildman–Crippen LogP) is 3.64. The fraction of sp³-hybridized carbons (Fsp3) is 0.500. The average molecular weight is 287 g/mol. The van der Waals surface area contributed by atoms with Crippen LogP contribution in [0.3, 0.4) is 0 Å². The number of carboxylic acid groups (broad SMARTS) is 1. The number of aromatic carboxylic acids is 1. The van der Waals surface area contributed by atoms with Gasteiger partial charge in [-0.15, -0.1) is 0 Å². The van der Waals surface area contributed by atoms with Gasteiger partial charge in [0.05, 0.1) is 11.1 Å². The minimum absolute atomic E-state index is 0.428. The van der Waals surface area contributed by atoms with Crippen LogP contribution in [-0.4, -0.2) is 24.2 Å². The van der Waals surface area contributed by atoms with E-state index in [-0.39, 0.29) is 0 Å². The van der Waals surface area contributed by atoms with Crippen molar-refractivity contribution in [3.63, 3.8) is 0 Å². The van der Waals surface area contributed by atoms with Crippen LogP contribution in [0.25, 0.3) is 0 Å². The Morgan fingerprint density at radius 1 is 1.40 bits per heavy atom. The molecule has 0 heterocycles.